The van der Waals surface area contributed by atoms with Crippen LogP contribution in [0.1, 0.15) is 57.4 Å². The minimum atomic E-state index is -0.784. The van der Waals surface area contributed by atoms with E-state index >= 15 is 0 Å². The average molecular weight is 335 g/mol. The van der Waals surface area contributed by atoms with Gasteiger partial charge in [-0.25, -0.2) is 0 Å². The van der Waals surface area contributed by atoms with Gasteiger partial charge in [0.1, 0.15) is 6.07 Å². The molecule has 2 nitrogen and oxygen atoms in total. The van der Waals surface area contributed by atoms with Gasteiger partial charge in [-0.2, -0.15) is 5.26 Å². The zero-order valence-corrected chi connectivity index (χ0v) is 15.3. The maximum absolute atomic E-state index is 9.53. The monoisotopic (exact) mass is 335 g/mol. The smallest absolute Gasteiger partial charge is 0.176 e. The molecule has 1 atom stereocenters. The molecular weight excluding hydrogens is 306 g/mol. The molecule has 132 valence electrons. The number of hydrogen-bond donors (Lipinski definition) is 0. The van der Waals surface area contributed by atoms with Crippen LogP contribution >= 0.6 is 0 Å². The van der Waals surface area contributed by atoms with Crippen molar-refractivity contribution in [3.63, 3.8) is 0 Å². The quantitative estimate of drug-likeness (QED) is 0.475. The Kier molecular flexibility index (Phi) is 8.22. The van der Waals surface area contributed by atoms with E-state index in [2.05, 4.69) is 43.4 Å². The lowest BCUT2D eigenvalue weighted by molar-refractivity contribution is 0.0319. The van der Waals surface area contributed by atoms with E-state index in [1.54, 1.807) is 0 Å². The Balaban J connectivity index is 1.77. The van der Waals surface area contributed by atoms with E-state index in [4.69, 9.17) is 4.74 Å². The highest BCUT2D eigenvalue weighted by Crippen LogP contribution is 2.26. The van der Waals surface area contributed by atoms with Gasteiger partial charge in [-0.15, -0.1) is 0 Å². The molecule has 0 bridgehead atoms. The van der Waals surface area contributed by atoms with Crippen molar-refractivity contribution in [1.29, 1.82) is 5.26 Å². The largest absolute Gasteiger partial charge is 0.356 e. The normalized spacial score (nSPS) is 19.8. The summed E-state index contributed by atoms with van der Waals surface area (Å²) in [5.41, 5.74) is 1.51. The zero-order chi connectivity index (χ0) is 17.8. The van der Waals surface area contributed by atoms with Crippen LogP contribution in [0, 0.1) is 11.3 Å². The number of rotatable bonds is 10. The SMILES string of the molecule is CCCCCCCCOC1(C#N)C=CC(C=Cc2ccccc2)=CC1. The maximum Gasteiger partial charge on any atom is 0.176 e. The van der Waals surface area contributed by atoms with Crippen LogP contribution in [0.4, 0.5) is 0 Å². The van der Waals surface area contributed by atoms with E-state index in [1.807, 2.05) is 30.4 Å². The summed E-state index contributed by atoms with van der Waals surface area (Å²) in [5, 5.41) is 9.53. The highest BCUT2D eigenvalue weighted by Gasteiger charge is 2.28. The van der Waals surface area contributed by atoms with Crippen LogP contribution in [-0.2, 0) is 4.74 Å². The second-order valence-electron chi connectivity index (χ2n) is 6.60. The summed E-state index contributed by atoms with van der Waals surface area (Å²) in [6.07, 6.45) is 18.2. The fourth-order valence-corrected chi connectivity index (χ4v) is 2.88. The summed E-state index contributed by atoms with van der Waals surface area (Å²) in [6.45, 7) is 2.89. The molecule has 0 aliphatic heterocycles. The van der Waals surface area contributed by atoms with Crippen molar-refractivity contribution in [3.8, 4) is 6.07 Å². The van der Waals surface area contributed by atoms with Crippen LogP contribution in [0.15, 0.2) is 60.2 Å². The minimum Gasteiger partial charge on any atom is -0.356 e. The molecule has 0 heterocycles. The fraction of sp³-hybridized carbons (Fsp3) is 0.435. The molecule has 25 heavy (non-hydrogen) atoms. The Morgan fingerprint density at radius 2 is 1.84 bits per heavy atom. The topological polar surface area (TPSA) is 33.0 Å². The molecule has 1 unspecified atom stereocenters. The van der Waals surface area contributed by atoms with Crippen molar-refractivity contribution in [2.75, 3.05) is 6.61 Å². The first-order chi connectivity index (χ1) is 12.3. The van der Waals surface area contributed by atoms with Crippen molar-refractivity contribution in [2.24, 2.45) is 0 Å². The average Bonchev–Trinajstić information content (AvgIpc) is 2.67. The van der Waals surface area contributed by atoms with E-state index in [0.717, 1.165) is 12.0 Å². The van der Waals surface area contributed by atoms with Crippen LogP contribution in [0.3, 0.4) is 0 Å². The predicted molar refractivity (Wildman–Crippen MR) is 105 cm³/mol. The van der Waals surface area contributed by atoms with Crippen LogP contribution in [0.2, 0.25) is 0 Å². The Morgan fingerprint density at radius 1 is 1.08 bits per heavy atom. The van der Waals surface area contributed by atoms with Gasteiger partial charge >= 0.3 is 0 Å². The van der Waals surface area contributed by atoms with Gasteiger partial charge in [-0.3, -0.25) is 0 Å². The Morgan fingerprint density at radius 3 is 2.52 bits per heavy atom. The van der Waals surface area contributed by atoms with Crippen LogP contribution < -0.4 is 0 Å². The second kappa shape index (κ2) is 10.7. The van der Waals surface area contributed by atoms with E-state index in [9.17, 15) is 5.26 Å². The third-order valence-corrected chi connectivity index (χ3v) is 4.50. The summed E-state index contributed by atoms with van der Waals surface area (Å²) >= 11 is 0. The summed E-state index contributed by atoms with van der Waals surface area (Å²) in [5.74, 6) is 0. The molecule has 1 aromatic carbocycles. The third kappa shape index (κ3) is 6.72. The van der Waals surface area contributed by atoms with Gasteiger partial charge < -0.3 is 4.74 Å². The molecule has 0 fully saturated rings. The van der Waals surface area contributed by atoms with Gasteiger partial charge in [0.15, 0.2) is 5.60 Å². The summed E-state index contributed by atoms with van der Waals surface area (Å²) in [7, 11) is 0. The molecule has 2 heteroatoms. The number of ether oxygens (including phenoxy) is 1. The van der Waals surface area contributed by atoms with E-state index in [-0.39, 0.29) is 0 Å². The van der Waals surface area contributed by atoms with Crippen LogP contribution in [0.25, 0.3) is 6.08 Å². The molecule has 0 spiro atoms. The van der Waals surface area contributed by atoms with Crippen LogP contribution in [-0.4, -0.2) is 12.2 Å². The van der Waals surface area contributed by atoms with E-state index in [1.165, 1.54) is 37.7 Å². The second-order valence-corrected chi connectivity index (χ2v) is 6.60. The molecule has 0 aromatic heterocycles. The molecule has 0 radical (unpaired) electrons. The Labute approximate surface area is 152 Å². The Hall–Kier alpha value is -2.11. The summed E-state index contributed by atoms with van der Waals surface area (Å²) < 4.78 is 5.92. The van der Waals surface area contributed by atoms with Crippen molar-refractivity contribution >= 4 is 6.08 Å². The number of benzene rings is 1. The highest BCUT2D eigenvalue weighted by atomic mass is 16.5. The van der Waals surface area contributed by atoms with Gasteiger partial charge in [-0.1, -0.05) is 93.7 Å². The van der Waals surface area contributed by atoms with E-state index in [0.29, 0.717) is 13.0 Å². The first-order valence-electron chi connectivity index (χ1n) is 9.46. The first-order valence-corrected chi connectivity index (χ1v) is 9.46. The van der Waals surface area contributed by atoms with Crippen molar-refractivity contribution in [2.45, 2.75) is 57.5 Å². The lowest BCUT2D eigenvalue weighted by Gasteiger charge is -2.25. The number of nitriles is 1. The number of unbranched alkanes of at least 4 members (excludes halogenated alkanes) is 5. The molecule has 1 aromatic rings. The number of nitrogens with zero attached hydrogens (tertiary/aromatic N) is 1. The lowest BCUT2D eigenvalue weighted by atomic mass is 9.92. The Bertz CT molecular complexity index is 636. The minimum absolute atomic E-state index is 0.615. The first kappa shape index (κ1) is 19.2. The molecule has 0 saturated carbocycles. The molecule has 1 aliphatic carbocycles. The lowest BCUT2D eigenvalue weighted by Crippen LogP contribution is -2.29. The summed E-state index contributed by atoms with van der Waals surface area (Å²) in [6, 6.07) is 12.6. The van der Waals surface area contributed by atoms with E-state index < -0.39 is 5.60 Å². The van der Waals surface area contributed by atoms with Crippen molar-refractivity contribution in [1.82, 2.24) is 0 Å². The molecule has 0 amide bonds. The summed E-state index contributed by atoms with van der Waals surface area (Å²) in [4.78, 5) is 0. The van der Waals surface area contributed by atoms with Gasteiger partial charge in [-0.05, 0) is 23.6 Å². The number of allylic oxidation sites excluding steroid dienone is 3. The third-order valence-electron chi connectivity index (χ3n) is 4.50. The van der Waals surface area contributed by atoms with Gasteiger partial charge in [0.25, 0.3) is 0 Å². The van der Waals surface area contributed by atoms with Gasteiger partial charge in [0, 0.05) is 13.0 Å². The molecule has 0 N–H and O–H groups in total. The standard InChI is InChI=1S/C23H29NO/c1-2-3-4-5-6-10-19-25-23(20-24)17-15-22(16-18-23)14-13-21-11-8-7-9-12-21/h7-9,11-17H,2-6,10,18-19H2,1H3. The molecule has 1 aliphatic rings. The zero-order valence-electron chi connectivity index (χ0n) is 15.3. The van der Waals surface area contributed by atoms with Crippen molar-refractivity contribution < 1.29 is 4.74 Å². The van der Waals surface area contributed by atoms with Crippen LogP contribution in [0.5, 0.6) is 0 Å². The fourth-order valence-electron chi connectivity index (χ4n) is 2.88. The number of hydrogen-bond acceptors (Lipinski definition) is 2. The highest BCUT2D eigenvalue weighted by molar-refractivity contribution is 5.55. The molecule has 2 rings (SSSR count). The van der Waals surface area contributed by atoms with Crippen molar-refractivity contribution in [3.05, 3.63) is 65.8 Å². The van der Waals surface area contributed by atoms with Gasteiger partial charge in [0.05, 0.1) is 0 Å². The predicted octanol–water partition coefficient (Wildman–Crippen LogP) is 6.23. The van der Waals surface area contributed by atoms with Gasteiger partial charge in [0.2, 0.25) is 0 Å². The molecular formula is C23H29NO. The molecule has 0 saturated heterocycles. The maximum atomic E-state index is 9.53.